The summed E-state index contributed by atoms with van der Waals surface area (Å²) in [5, 5.41) is 0. The average Bonchev–Trinajstić information content (AvgIpc) is 3.33. The molecule has 0 fully saturated rings. The summed E-state index contributed by atoms with van der Waals surface area (Å²) in [5.41, 5.74) is 0. The first-order valence-corrected chi connectivity index (χ1v) is 27.8. The highest BCUT2D eigenvalue weighted by Gasteiger charge is 2.19. The Morgan fingerprint density at radius 3 is 0.970 bits per heavy atom. The van der Waals surface area contributed by atoms with Crippen LogP contribution in [0.15, 0.2) is 97.2 Å². The molecular formula is C61H102O6. The first-order valence-electron chi connectivity index (χ1n) is 27.8. The highest BCUT2D eigenvalue weighted by atomic mass is 16.6. The van der Waals surface area contributed by atoms with Gasteiger partial charge in [-0.3, -0.25) is 14.4 Å². The zero-order valence-corrected chi connectivity index (χ0v) is 43.6. The highest BCUT2D eigenvalue weighted by Crippen LogP contribution is 2.16. The molecule has 0 saturated carbocycles. The largest absolute Gasteiger partial charge is 0.462 e. The SMILES string of the molecule is CC\C=C/C=C\C=C/C=C\C=C\C=C/C=C\CCCCCC(=O)OCC(COC(=O)CCCCC/C=C\CCCCCCCC)OC(=O)CCCCCCCCCCCCCCCCCCC. The number of rotatable bonds is 49. The number of unbranched alkanes of at least 4 members (excludes halogenated alkanes) is 28. The smallest absolute Gasteiger partial charge is 0.306 e. The van der Waals surface area contributed by atoms with Gasteiger partial charge in [0.2, 0.25) is 0 Å². The molecule has 0 aromatic rings. The Kier molecular flexibility index (Phi) is 51.9. The molecule has 382 valence electrons. The molecule has 0 aliphatic carbocycles. The first-order chi connectivity index (χ1) is 33.0. The molecule has 0 aliphatic heterocycles. The quantitative estimate of drug-likeness (QED) is 0.0199. The lowest BCUT2D eigenvalue weighted by atomic mass is 10.0. The molecule has 0 aliphatic rings. The number of ether oxygens (including phenoxy) is 3. The van der Waals surface area contributed by atoms with E-state index in [-0.39, 0.29) is 31.1 Å². The Balaban J connectivity index is 4.49. The average molecular weight is 931 g/mol. The van der Waals surface area contributed by atoms with Crippen molar-refractivity contribution in [2.75, 3.05) is 13.2 Å². The minimum absolute atomic E-state index is 0.0993. The zero-order valence-electron chi connectivity index (χ0n) is 43.6. The second-order valence-corrected chi connectivity index (χ2v) is 18.3. The van der Waals surface area contributed by atoms with E-state index in [1.165, 1.54) is 128 Å². The predicted octanol–water partition coefficient (Wildman–Crippen LogP) is 18.5. The second kappa shape index (κ2) is 54.9. The zero-order chi connectivity index (χ0) is 48.6. The number of hydrogen-bond acceptors (Lipinski definition) is 6. The summed E-state index contributed by atoms with van der Waals surface area (Å²) < 4.78 is 16.8. The van der Waals surface area contributed by atoms with Crippen molar-refractivity contribution in [3.63, 3.8) is 0 Å². The molecule has 67 heavy (non-hydrogen) atoms. The van der Waals surface area contributed by atoms with Crippen LogP contribution in [0.4, 0.5) is 0 Å². The van der Waals surface area contributed by atoms with Crippen LogP contribution in [0.25, 0.3) is 0 Å². The van der Waals surface area contributed by atoms with Crippen molar-refractivity contribution >= 4 is 17.9 Å². The van der Waals surface area contributed by atoms with E-state index in [0.29, 0.717) is 19.3 Å². The molecule has 0 saturated heterocycles. The van der Waals surface area contributed by atoms with Gasteiger partial charge in [0.15, 0.2) is 6.10 Å². The summed E-state index contributed by atoms with van der Waals surface area (Å²) in [7, 11) is 0. The Morgan fingerprint density at radius 1 is 0.313 bits per heavy atom. The second-order valence-electron chi connectivity index (χ2n) is 18.3. The fourth-order valence-electron chi connectivity index (χ4n) is 7.60. The van der Waals surface area contributed by atoms with E-state index in [1.54, 1.807) is 0 Å². The van der Waals surface area contributed by atoms with Gasteiger partial charge in [0, 0.05) is 19.3 Å². The topological polar surface area (TPSA) is 78.9 Å². The number of carbonyl (C=O) groups excluding carboxylic acids is 3. The van der Waals surface area contributed by atoms with Crippen molar-refractivity contribution in [2.45, 2.75) is 258 Å². The van der Waals surface area contributed by atoms with Crippen LogP contribution in [0.1, 0.15) is 252 Å². The van der Waals surface area contributed by atoms with Gasteiger partial charge in [-0.05, 0) is 64.2 Å². The molecule has 0 radical (unpaired) electrons. The van der Waals surface area contributed by atoms with E-state index in [9.17, 15) is 14.4 Å². The molecule has 1 unspecified atom stereocenters. The highest BCUT2D eigenvalue weighted by molar-refractivity contribution is 5.71. The lowest BCUT2D eigenvalue weighted by molar-refractivity contribution is -0.167. The molecule has 0 aromatic heterocycles. The van der Waals surface area contributed by atoms with Gasteiger partial charge in [-0.2, -0.15) is 0 Å². The van der Waals surface area contributed by atoms with Gasteiger partial charge in [-0.25, -0.2) is 0 Å². The molecule has 0 spiro atoms. The summed E-state index contributed by atoms with van der Waals surface area (Å²) in [6.07, 6.45) is 72.5. The molecule has 0 heterocycles. The van der Waals surface area contributed by atoms with E-state index in [2.05, 4.69) is 45.1 Å². The Hall–Kier alpha value is -3.67. The molecule has 0 N–H and O–H groups in total. The van der Waals surface area contributed by atoms with E-state index in [0.717, 1.165) is 83.5 Å². The third-order valence-electron chi connectivity index (χ3n) is 11.8. The third-order valence-corrected chi connectivity index (χ3v) is 11.8. The van der Waals surface area contributed by atoms with E-state index < -0.39 is 6.10 Å². The van der Waals surface area contributed by atoms with Gasteiger partial charge >= 0.3 is 17.9 Å². The van der Waals surface area contributed by atoms with Gasteiger partial charge in [0.25, 0.3) is 0 Å². The van der Waals surface area contributed by atoms with Gasteiger partial charge < -0.3 is 14.2 Å². The molecule has 6 nitrogen and oxygen atoms in total. The fourth-order valence-corrected chi connectivity index (χ4v) is 7.60. The van der Waals surface area contributed by atoms with Crippen LogP contribution in [0.2, 0.25) is 0 Å². The minimum atomic E-state index is -0.802. The lowest BCUT2D eigenvalue weighted by Gasteiger charge is -2.18. The maximum atomic E-state index is 12.8. The maximum absolute atomic E-state index is 12.8. The van der Waals surface area contributed by atoms with Crippen LogP contribution >= 0.6 is 0 Å². The van der Waals surface area contributed by atoms with Crippen molar-refractivity contribution in [2.24, 2.45) is 0 Å². The number of allylic oxidation sites excluding steroid dienone is 16. The third kappa shape index (κ3) is 53.2. The van der Waals surface area contributed by atoms with Crippen LogP contribution in [-0.4, -0.2) is 37.2 Å². The Bertz CT molecular complexity index is 1350. The van der Waals surface area contributed by atoms with Crippen LogP contribution in [0.5, 0.6) is 0 Å². The number of carbonyl (C=O) groups is 3. The first kappa shape index (κ1) is 63.3. The maximum Gasteiger partial charge on any atom is 0.306 e. The van der Waals surface area contributed by atoms with Gasteiger partial charge in [0.1, 0.15) is 13.2 Å². The van der Waals surface area contributed by atoms with E-state index >= 15 is 0 Å². The van der Waals surface area contributed by atoms with Crippen LogP contribution < -0.4 is 0 Å². The summed E-state index contributed by atoms with van der Waals surface area (Å²) in [5.74, 6) is -0.956. The number of hydrogen-bond donors (Lipinski definition) is 0. The number of esters is 3. The summed E-state index contributed by atoms with van der Waals surface area (Å²) >= 11 is 0. The van der Waals surface area contributed by atoms with Crippen LogP contribution in [-0.2, 0) is 28.6 Å². The van der Waals surface area contributed by atoms with Crippen molar-refractivity contribution in [3.05, 3.63) is 97.2 Å². The molecule has 0 aromatic carbocycles. The van der Waals surface area contributed by atoms with Crippen molar-refractivity contribution in [1.82, 2.24) is 0 Å². The minimum Gasteiger partial charge on any atom is -0.462 e. The summed E-state index contributed by atoms with van der Waals surface area (Å²) in [4.78, 5) is 38.1. The lowest BCUT2D eigenvalue weighted by Crippen LogP contribution is -2.30. The van der Waals surface area contributed by atoms with E-state index in [4.69, 9.17) is 14.2 Å². The van der Waals surface area contributed by atoms with Gasteiger partial charge in [0.05, 0.1) is 0 Å². The summed E-state index contributed by atoms with van der Waals surface area (Å²) in [6, 6.07) is 0. The summed E-state index contributed by atoms with van der Waals surface area (Å²) in [6.45, 7) is 6.44. The Morgan fingerprint density at radius 2 is 0.597 bits per heavy atom. The monoisotopic (exact) mass is 931 g/mol. The van der Waals surface area contributed by atoms with Gasteiger partial charge in [-0.1, -0.05) is 266 Å². The van der Waals surface area contributed by atoms with Gasteiger partial charge in [-0.15, -0.1) is 0 Å². The molecule has 6 heteroatoms. The molecule has 0 rings (SSSR count). The van der Waals surface area contributed by atoms with E-state index in [1.807, 2.05) is 72.9 Å². The fraction of sp³-hybridized carbons (Fsp3) is 0.689. The van der Waals surface area contributed by atoms with Crippen molar-refractivity contribution in [3.8, 4) is 0 Å². The van der Waals surface area contributed by atoms with Crippen LogP contribution in [0, 0.1) is 0 Å². The van der Waals surface area contributed by atoms with Crippen LogP contribution in [0.3, 0.4) is 0 Å². The molecule has 0 bridgehead atoms. The molecule has 0 amide bonds. The van der Waals surface area contributed by atoms with Crippen molar-refractivity contribution < 1.29 is 28.6 Å². The molecular weight excluding hydrogens is 829 g/mol. The predicted molar refractivity (Wildman–Crippen MR) is 288 cm³/mol. The normalized spacial score (nSPS) is 12.8. The standard InChI is InChI=1S/C61H102O6/c1-4-7-10-13-16-19-22-25-27-29-30-32-33-36-39-42-45-48-51-54-60(63)66-57-58(56-65-59(62)53-50-47-44-41-38-35-24-21-18-15-12-9-6-3)67-61(64)55-52-49-46-43-40-37-34-31-28-26-23-20-17-14-11-8-5-2/h7,10,13,16,19,22,25,27,29-30,32-33,35-36,38-39,58H,4-6,8-9,11-12,14-15,17-18,20-21,23-24,26,28,31,34,37,40-57H2,1-3H3/b10-7-,16-13-,22-19-,27-25-,30-29+,33-32-,38-35-,39-36-. The Labute approximate surface area is 413 Å². The molecule has 1 atom stereocenters. The van der Waals surface area contributed by atoms with Crippen molar-refractivity contribution in [1.29, 1.82) is 0 Å².